The first-order chi connectivity index (χ1) is 14.2. The lowest BCUT2D eigenvalue weighted by Gasteiger charge is -2.44. The van der Waals surface area contributed by atoms with Crippen LogP contribution in [0.2, 0.25) is 0 Å². The number of carbonyl (C=O) groups excluding carboxylic acids is 1. The zero-order chi connectivity index (χ0) is 19.8. The van der Waals surface area contributed by atoms with E-state index in [0.717, 1.165) is 48.4 Å². The van der Waals surface area contributed by atoms with Crippen molar-refractivity contribution in [3.63, 3.8) is 0 Å². The Morgan fingerprint density at radius 2 is 1.90 bits per heavy atom. The van der Waals surface area contributed by atoms with Crippen LogP contribution in [0, 0.1) is 5.92 Å². The van der Waals surface area contributed by atoms with Crippen LogP contribution in [0.15, 0.2) is 24.4 Å². The van der Waals surface area contributed by atoms with Gasteiger partial charge in [0.25, 0.3) is 5.91 Å². The average Bonchev–Trinajstić information content (AvgIpc) is 3.41. The summed E-state index contributed by atoms with van der Waals surface area (Å²) >= 11 is 0. The van der Waals surface area contributed by atoms with Gasteiger partial charge in [-0.05, 0) is 44.2 Å². The molecule has 1 aliphatic carbocycles. The number of piperidine rings is 1. The second-order valence-corrected chi connectivity index (χ2v) is 9.14. The maximum absolute atomic E-state index is 13.6. The van der Waals surface area contributed by atoms with Crippen molar-refractivity contribution in [3.8, 4) is 5.75 Å². The number of methoxy groups -OCH3 is 1. The SMILES string of the molecule is COc1cccc2c(C(=O)N3CCN4CCCC[C@H]4C3)cn(CC3CCCC3)c12. The molecule has 2 aromatic rings. The lowest BCUT2D eigenvalue weighted by molar-refractivity contribution is 0.0374. The molecule has 0 N–H and O–H groups in total. The van der Waals surface area contributed by atoms with Crippen LogP contribution in [0.25, 0.3) is 10.9 Å². The minimum atomic E-state index is 0.193. The first-order valence-electron chi connectivity index (χ1n) is 11.4. The Balaban J connectivity index is 1.46. The third-order valence-electron chi connectivity index (χ3n) is 7.37. The van der Waals surface area contributed by atoms with E-state index < -0.39 is 0 Å². The van der Waals surface area contributed by atoms with Crippen LogP contribution in [0.5, 0.6) is 5.75 Å². The van der Waals surface area contributed by atoms with Gasteiger partial charge in [0, 0.05) is 43.8 Å². The summed E-state index contributed by atoms with van der Waals surface area (Å²) in [5.74, 6) is 1.78. The first-order valence-corrected chi connectivity index (χ1v) is 11.4. The van der Waals surface area contributed by atoms with Crippen LogP contribution in [-0.4, -0.2) is 59.6 Å². The lowest BCUT2D eigenvalue weighted by atomic mass is 9.99. The molecule has 3 fully saturated rings. The number of nitrogens with zero attached hydrogens (tertiary/aromatic N) is 3. The highest BCUT2D eigenvalue weighted by Crippen LogP contribution is 2.34. The number of aromatic nitrogens is 1. The van der Waals surface area contributed by atoms with Gasteiger partial charge in [0.2, 0.25) is 0 Å². The fourth-order valence-corrected chi connectivity index (χ4v) is 5.79. The third-order valence-corrected chi connectivity index (χ3v) is 7.37. The molecular weight excluding hydrogens is 362 g/mol. The highest BCUT2D eigenvalue weighted by atomic mass is 16.5. The first kappa shape index (κ1) is 19.0. The molecule has 156 valence electrons. The quantitative estimate of drug-likeness (QED) is 0.780. The molecule has 3 heterocycles. The maximum Gasteiger partial charge on any atom is 0.256 e. The van der Waals surface area contributed by atoms with Crippen LogP contribution >= 0.6 is 0 Å². The molecule has 2 aliphatic heterocycles. The molecule has 1 atom stereocenters. The van der Waals surface area contributed by atoms with Crippen LogP contribution < -0.4 is 4.74 Å². The number of carbonyl (C=O) groups is 1. The van der Waals surface area contributed by atoms with Crippen molar-refractivity contribution in [1.29, 1.82) is 0 Å². The Kier molecular flexibility index (Phi) is 5.25. The van der Waals surface area contributed by atoms with E-state index in [0.29, 0.717) is 12.0 Å². The number of hydrogen-bond donors (Lipinski definition) is 0. The van der Waals surface area contributed by atoms with Crippen molar-refractivity contribution >= 4 is 16.8 Å². The zero-order valence-corrected chi connectivity index (χ0v) is 17.6. The van der Waals surface area contributed by atoms with Gasteiger partial charge in [-0.1, -0.05) is 31.4 Å². The normalized spacial score (nSPS) is 23.5. The number of ether oxygens (including phenoxy) is 1. The summed E-state index contributed by atoms with van der Waals surface area (Å²) in [7, 11) is 1.73. The predicted molar refractivity (Wildman–Crippen MR) is 116 cm³/mol. The van der Waals surface area contributed by atoms with E-state index in [9.17, 15) is 4.79 Å². The highest BCUT2D eigenvalue weighted by Gasteiger charge is 2.32. The second-order valence-electron chi connectivity index (χ2n) is 9.14. The summed E-state index contributed by atoms with van der Waals surface area (Å²) < 4.78 is 7.99. The van der Waals surface area contributed by atoms with Gasteiger partial charge in [-0.2, -0.15) is 0 Å². The second kappa shape index (κ2) is 8.02. The van der Waals surface area contributed by atoms with Crippen molar-refractivity contribution < 1.29 is 9.53 Å². The zero-order valence-electron chi connectivity index (χ0n) is 17.6. The number of amides is 1. The Morgan fingerprint density at radius 3 is 2.72 bits per heavy atom. The monoisotopic (exact) mass is 395 g/mol. The molecule has 5 nitrogen and oxygen atoms in total. The Bertz CT molecular complexity index is 884. The Labute approximate surface area is 173 Å². The lowest BCUT2D eigenvalue weighted by Crippen LogP contribution is -2.56. The molecule has 0 radical (unpaired) electrons. The molecule has 0 unspecified atom stereocenters. The molecular formula is C24H33N3O2. The molecule has 0 bridgehead atoms. The maximum atomic E-state index is 13.6. The fourth-order valence-electron chi connectivity index (χ4n) is 5.79. The summed E-state index contributed by atoms with van der Waals surface area (Å²) in [5.41, 5.74) is 1.93. The Hall–Kier alpha value is -2.01. The van der Waals surface area contributed by atoms with E-state index in [4.69, 9.17) is 4.74 Å². The molecule has 2 saturated heterocycles. The number of piperazine rings is 1. The average molecular weight is 396 g/mol. The third kappa shape index (κ3) is 3.54. The number of fused-ring (bicyclic) bond motifs is 2. The molecule has 1 aromatic carbocycles. The van der Waals surface area contributed by atoms with Gasteiger partial charge in [-0.3, -0.25) is 9.69 Å². The van der Waals surface area contributed by atoms with Gasteiger partial charge in [0.1, 0.15) is 5.75 Å². The largest absolute Gasteiger partial charge is 0.495 e. The summed E-state index contributed by atoms with van der Waals surface area (Å²) in [4.78, 5) is 18.3. The van der Waals surface area contributed by atoms with Crippen molar-refractivity contribution in [3.05, 3.63) is 30.0 Å². The van der Waals surface area contributed by atoms with Crippen LogP contribution in [0.3, 0.4) is 0 Å². The minimum Gasteiger partial charge on any atom is -0.495 e. The number of para-hydroxylation sites is 1. The van der Waals surface area contributed by atoms with Crippen molar-refractivity contribution in [2.45, 2.75) is 57.5 Å². The predicted octanol–water partition coefficient (Wildman–Crippen LogP) is 4.15. The van der Waals surface area contributed by atoms with E-state index in [2.05, 4.69) is 26.6 Å². The summed E-state index contributed by atoms with van der Waals surface area (Å²) in [6.07, 6.45) is 11.2. The molecule has 5 rings (SSSR count). The van der Waals surface area contributed by atoms with Gasteiger partial charge in [-0.25, -0.2) is 0 Å². The van der Waals surface area contributed by atoms with Crippen LogP contribution in [0.4, 0.5) is 0 Å². The fraction of sp³-hybridized carbons (Fsp3) is 0.625. The van der Waals surface area contributed by atoms with E-state index in [1.54, 1.807) is 7.11 Å². The standard InChI is InChI=1S/C24H33N3O2/c1-29-22-11-6-10-20-21(17-27(23(20)22)15-18-7-2-3-8-18)24(28)26-14-13-25-12-5-4-9-19(25)16-26/h6,10-11,17-19H,2-5,7-9,12-16H2,1H3/t19-/m0/s1. The van der Waals surface area contributed by atoms with Gasteiger partial charge < -0.3 is 14.2 Å². The molecule has 3 aliphatic rings. The van der Waals surface area contributed by atoms with Crippen LogP contribution in [0.1, 0.15) is 55.3 Å². The summed E-state index contributed by atoms with van der Waals surface area (Å²) in [6, 6.07) is 6.66. The van der Waals surface area contributed by atoms with Gasteiger partial charge >= 0.3 is 0 Å². The van der Waals surface area contributed by atoms with E-state index >= 15 is 0 Å². The number of rotatable bonds is 4. The van der Waals surface area contributed by atoms with Gasteiger partial charge in [-0.15, -0.1) is 0 Å². The van der Waals surface area contributed by atoms with E-state index in [-0.39, 0.29) is 5.91 Å². The molecule has 5 heteroatoms. The Morgan fingerprint density at radius 1 is 1.07 bits per heavy atom. The highest BCUT2D eigenvalue weighted by molar-refractivity contribution is 6.08. The topological polar surface area (TPSA) is 37.7 Å². The smallest absolute Gasteiger partial charge is 0.256 e. The molecule has 1 amide bonds. The van der Waals surface area contributed by atoms with E-state index in [1.165, 1.54) is 51.5 Å². The molecule has 0 spiro atoms. The molecule has 29 heavy (non-hydrogen) atoms. The van der Waals surface area contributed by atoms with Gasteiger partial charge in [0.05, 0.1) is 18.2 Å². The number of benzene rings is 1. The molecule has 1 saturated carbocycles. The van der Waals surface area contributed by atoms with E-state index in [1.807, 2.05) is 12.1 Å². The van der Waals surface area contributed by atoms with Crippen molar-refractivity contribution in [2.75, 3.05) is 33.3 Å². The summed E-state index contributed by atoms with van der Waals surface area (Å²) in [5, 5.41) is 1.04. The van der Waals surface area contributed by atoms with Gasteiger partial charge in [0.15, 0.2) is 0 Å². The minimum absolute atomic E-state index is 0.193. The molecule has 1 aromatic heterocycles. The summed E-state index contributed by atoms with van der Waals surface area (Å²) in [6.45, 7) is 4.91. The van der Waals surface area contributed by atoms with Crippen molar-refractivity contribution in [2.24, 2.45) is 5.92 Å². The van der Waals surface area contributed by atoms with Crippen LogP contribution in [-0.2, 0) is 6.54 Å². The van der Waals surface area contributed by atoms with Crippen molar-refractivity contribution in [1.82, 2.24) is 14.4 Å². The number of hydrogen-bond acceptors (Lipinski definition) is 3.